The number of likely N-dealkylation sites (tertiary alicyclic amines) is 1. The summed E-state index contributed by atoms with van der Waals surface area (Å²) in [5, 5.41) is 7.06. The Hall–Kier alpha value is -2.29. The minimum absolute atomic E-state index is 0.0612. The first kappa shape index (κ1) is 21.9. The molecule has 3 aromatic rings. The molecule has 1 aliphatic heterocycles. The topological polar surface area (TPSA) is 71.0 Å². The zero-order valence-electron chi connectivity index (χ0n) is 18.1. The standard InChI is InChI=1S/C23H27N5OS2/c1-15-12-16(2)25-23(24-15)31-21-6-4-19(5-7-21)27-22(29)18-8-10-28(11-9-18)13-20-14-30-17(3)26-20/h4-7,12,14,18H,8-11,13H2,1-3H3,(H,27,29). The summed E-state index contributed by atoms with van der Waals surface area (Å²) in [4.78, 5) is 29.6. The van der Waals surface area contributed by atoms with Crippen LogP contribution in [0.15, 0.2) is 45.8 Å². The van der Waals surface area contributed by atoms with Crippen molar-refractivity contribution in [1.29, 1.82) is 0 Å². The first-order chi connectivity index (χ1) is 14.9. The van der Waals surface area contributed by atoms with Gasteiger partial charge in [-0.2, -0.15) is 0 Å². The zero-order valence-corrected chi connectivity index (χ0v) is 19.7. The first-order valence-corrected chi connectivity index (χ1v) is 12.2. The van der Waals surface area contributed by atoms with Crippen LogP contribution in [0, 0.1) is 26.7 Å². The number of piperidine rings is 1. The van der Waals surface area contributed by atoms with Gasteiger partial charge in [0, 0.05) is 39.8 Å². The molecule has 1 N–H and O–H groups in total. The van der Waals surface area contributed by atoms with Crippen LogP contribution in [-0.2, 0) is 11.3 Å². The third-order valence-corrected chi connectivity index (χ3v) is 7.00. The quantitative estimate of drug-likeness (QED) is 0.538. The number of hydrogen-bond donors (Lipinski definition) is 1. The molecule has 31 heavy (non-hydrogen) atoms. The Morgan fingerprint density at radius 2 is 1.77 bits per heavy atom. The lowest BCUT2D eigenvalue weighted by molar-refractivity contribution is -0.121. The van der Waals surface area contributed by atoms with E-state index in [1.165, 1.54) is 11.8 Å². The lowest BCUT2D eigenvalue weighted by atomic mass is 9.95. The van der Waals surface area contributed by atoms with E-state index in [1.54, 1.807) is 11.3 Å². The Morgan fingerprint density at radius 1 is 1.10 bits per heavy atom. The molecular formula is C23H27N5OS2. The molecule has 1 saturated heterocycles. The van der Waals surface area contributed by atoms with Crippen LogP contribution in [0.2, 0.25) is 0 Å². The van der Waals surface area contributed by atoms with Crippen molar-refractivity contribution in [2.24, 2.45) is 5.92 Å². The third-order valence-electron chi connectivity index (χ3n) is 5.30. The average Bonchev–Trinajstić information content (AvgIpc) is 3.14. The second-order valence-corrected chi connectivity index (χ2v) is 10.1. The highest BCUT2D eigenvalue weighted by atomic mass is 32.2. The molecule has 1 amide bonds. The van der Waals surface area contributed by atoms with E-state index in [9.17, 15) is 4.79 Å². The van der Waals surface area contributed by atoms with Gasteiger partial charge in [0.15, 0.2) is 5.16 Å². The van der Waals surface area contributed by atoms with Crippen molar-refractivity contribution in [3.63, 3.8) is 0 Å². The van der Waals surface area contributed by atoms with E-state index >= 15 is 0 Å². The van der Waals surface area contributed by atoms with Gasteiger partial charge in [-0.05, 0) is 88.8 Å². The van der Waals surface area contributed by atoms with Crippen molar-refractivity contribution >= 4 is 34.7 Å². The monoisotopic (exact) mass is 453 g/mol. The number of nitrogens with zero attached hydrogens (tertiary/aromatic N) is 4. The van der Waals surface area contributed by atoms with Crippen LogP contribution in [0.4, 0.5) is 5.69 Å². The molecule has 0 bridgehead atoms. The Morgan fingerprint density at radius 3 is 2.39 bits per heavy atom. The van der Waals surface area contributed by atoms with E-state index in [2.05, 4.69) is 30.5 Å². The van der Waals surface area contributed by atoms with Gasteiger partial charge in [-0.3, -0.25) is 9.69 Å². The summed E-state index contributed by atoms with van der Waals surface area (Å²) in [5.41, 5.74) is 3.89. The molecule has 1 aromatic carbocycles. The van der Waals surface area contributed by atoms with E-state index in [1.807, 2.05) is 51.1 Å². The van der Waals surface area contributed by atoms with Gasteiger partial charge in [-0.25, -0.2) is 15.0 Å². The SMILES string of the molecule is Cc1cc(C)nc(Sc2ccc(NC(=O)C3CCN(Cc4csc(C)n4)CC3)cc2)n1. The predicted molar refractivity (Wildman–Crippen MR) is 126 cm³/mol. The summed E-state index contributed by atoms with van der Waals surface area (Å²) < 4.78 is 0. The van der Waals surface area contributed by atoms with Gasteiger partial charge in [0.2, 0.25) is 5.91 Å². The number of thiazole rings is 1. The highest BCUT2D eigenvalue weighted by molar-refractivity contribution is 7.99. The van der Waals surface area contributed by atoms with Gasteiger partial charge in [0.1, 0.15) is 0 Å². The Balaban J connectivity index is 1.27. The lowest BCUT2D eigenvalue weighted by Crippen LogP contribution is -2.37. The second kappa shape index (κ2) is 9.89. The minimum Gasteiger partial charge on any atom is -0.326 e. The number of nitrogens with one attached hydrogen (secondary N) is 1. The van der Waals surface area contributed by atoms with Crippen molar-refractivity contribution < 1.29 is 4.79 Å². The Bertz CT molecular complexity index is 1020. The molecule has 3 heterocycles. The van der Waals surface area contributed by atoms with Crippen LogP contribution in [0.3, 0.4) is 0 Å². The zero-order chi connectivity index (χ0) is 21.8. The molecule has 1 fully saturated rings. The molecule has 162 valence electrons. The smallest absolute Gasteiger partial charge is 0.227 e. The summed E-state index contributed by atoms with van der Waals surface area (Å²) in [6.45, 7) is 8.72. The van der Waals surface area contributed by atoms with Crippen LogP contribution in [0.25, 0.3) is 0 Å². The fourth-order valence-corrected chi connectivity index (χ4v) is 5.22. The number of amides is 1. The van der Waals surface area contributed by atoms with Crippen molar-refractivity contribution in [2.75, 3.05) is 18.4 Å². The summed E-state index contributed by atoms with van der Waals surface area (Å²) in [7, 11) is 0. The highest BCUT2D eigenvalue weighted by Gasteiger charge is 2.25. The second-order valence-electron chi connectivity index (χ2n) is 7.96. The van der Waals surface area contributed by atoms with E-state index in [4.69, 9.17) is 0 Å². The van der Waals surface area contributed by atoms with Crippen LogP contribution in [0.5, 0.6) is 0 Å². The predicted octanol–water partition coefficient (Wildman–Crippen LogP) is 4.86. The summed E-state index contributed by atoms with van der Waals surface area (Å²) in [6.07, 6.45) is 1.76. The van der Waals surface area contributed by atoms with Gasteiger partial charge in [0.05, 0.1) is 10.7 Å². The van der Waals surface area contributed by atoms with Crippen LogP contribution in [0.1, 0.15) is 34.9 Å². The molecule has 6 nitrogen and oxygen atoms in total. The average molecular weight is 454 g/mol. The molecule has 0 spiro atoms. The molecule has 2 aromatic heterocycles. The van der Waals surface area contributed by atoms with Gasteiger partial charge < -0.3 is 5.32 Å². The fraction of sp³-hybridized carbons (Fsp3) is 0.391. The molecule has 4 rings (SSSR count). The van der Waals surface area contributed by atoms with Gasteiger partial charge >= 0.3 is 0 Å². The fourth-order valence-electron chi connectivity index (χ4n) is 3.76. The molecule has 0 unspecified atom stereocenters. The van der Waals surface area contributed by atoms with Crippen molar-refractivity contribution in [3.8, 4) is 0 Å². The number of carbonyl (C=O) groups is 1. The van der Waals surface area contributed by atoms with Gasteiger partial charge in [0.25, 0.3) is 0 Å². The molecule has 0 atom stereocenters. The van der Waals surface area contributed by atoms with E-state index < -0.39 is 0 Å². The number of carbonyl (C=O) groups excluding carboxylic acids is 1. The maximum absolute atomic E-state index is 12.7. The molecule has 0 radical (unpaired) electrons. The van der Waals surface area contributed by atoms with E-state index in [0.717, 1.165) is 70.3 Å². The number of hydrogen-bond acceptors (Lipinski definition) is 7. The summed E-state index contributed by atoms with van der Waals surface area (Å²) in [6, 6.07) is 9.86. The van der Waals surface area contributed by atoms with Crippen LogP contribution < -0.4 is 5.32 Å². The third kappa shape index (κ3) is 6.12. The van der Waals surface area contributed by atoms with Crippen molar-refractivity contribution in [1.82, 2.24) is 19.9 Å². The lowest BCUT2D eigenvalue weighted by Gasteiger charge is -2.30. The number of anilines is 1. The van der Waals surface area contributed by atoms with Gasteiger partial charge in [-0.1, -0.05) is 0 Å². The molecule has 1 aliphatic rings. The number of rotatable bonds is 6. The molecule has 0 aliphatic carbocycles. The first-order valence-electron chi connectivity index (χ1n) is 10.5. The van der Waals surface area contributed by atoms with Crippen molar-refractivity contribution in [3.05, 3.63) is 57.8 Å². The maximum atomic E-state index is 12.7. The normalized spacial score (nSPS) is 15.2. The minimum atomic E-state index is 0.0612. The summed E-state index contributed by atoms with van der Waals surface area (Å²) >= 11 is 3.22. The molecule has 8 heteroatoms. The molecule has 0 saturated carbocycles. The maximum Gasteiger partial charge on any atom is 0.227 e. The number of aromatic nitrogens is 3. The highest BCUT2D eigenvalue weighted by Crippen LogP contribution is 2.27. The van der Waals surface area contributed by atoms with Gasteiger partial charge in [-0.15, -0.1) is 11.3 Å². The number of aryl methyl sites for hydroxylation is 3. The molecular weight excluding hydrogens is 426 g/mol. The Labute approximate surface area is 191 Å². The largest absolute Gasteiger partial charge is 0.326 e. The van der Waals surface area contributed by atoms with E-state index in [-0.39, 0.29) is 11.8 Å². The Kier molecular flexibility index (Phi) is 6.99. The number of benzene rings is 1. The summed E-state index contributed by atoms with van der Waals surface area (Å²) in [5.74, 6) is 0.174. The van der Waals surface area contributed by atoms with Crippen LogP contribution in [-0.4, -0.2) is 38.8 Å². The van der Waals surface area contributed by atoms with Crippen molar-refractivity contribution in [2.45, 2.75) is 50.2 Å². The van der Waals surface area contributed by atoms with Crippen LogP contribution >= 0.6 is 23.1 Å². The van der Waals surface area contributed by atoms with E-state index in [0.29, 0.717) is 0 Å².